The van der Waals surface area contributed by atoms with Crippen molar-refractivity contribution in [1.29, 1.82) is 0 Å². The molecule has 0 heterocycles. The minimum Gasteiger partial charge on any atom is -0.468 e. The average molecular weight is 328 g/mol. The van der Waals surface area contributed by atoms with Gasteiger partial charge in [0, 0.05) is 18.9 Å². The summed E-state index contributed by atoms with van der Waals surface area (Å²) in [5.41, 5.74) is 0.978. The quantitative estimate of drug-likeness (QED) is 0.426. The molecule has 1 saturated carbocycles. The Morgan fingerprint density at radius 2 is 1.68 bits per heavy atom. The Labute approximate surface area is 134 Å². The Kier molecular flexibility index (Phi) is 6.37. The van der Waals surface area contributed by atoms with Crippen LogP contribution in [-0.2, 0) is 23.8 Å². The fraction of sp³-hybridized carbons (Fsp3) is 0.750. The van der Waals surface area contributed by atoms with E-state index in [-0.39, 0.29) is 12.0 Å². The summed E-state index contributed by atoms with van der Waals surface area (Å²) < 4.78 is 15.5. The lowest BCUT2D eigenvalue weighted by atomic mass is 9.85. The van der Waals surface area contributed by atoms with Gasteiger partial charge in [0.1, 0.15) is 0 Å². The molecule has 0 amide bonds. The predicted molar refractivity (Wildman–Crippen MR) is 87.1 cm³/mol. The smallest absolute Gasteiger partial charge is 0.323 e. The molecule has 126 valence electrons. The van der Waals surface area contributed by atoms with Crippen LogP contribution in [0.3, 0.4) is 0 Å². The third-order valence-electron chi connectivity index (χ3n) is 3.99. The third-order valence-corrected chi connectivity index (χ3v) is 5.18. The van der Waals surface area contributed by atoms with Crippen molar-refractivity contribution in [1.82, 2.24) is 0 Å². The zero-order valence-corrected chi connectivity index (χ0v) is 15.5. The van der Waals surface area contributed by atoms with E-state index >= 15 is 0 Å². The number of rotatable bonds is 6. The van der Waals surface area contributed by atoms with Gasteiger partial charge < -0.3 is 14.2 Å². The topological polar surface area (TPSA) is 61.8 Å². The van der Waals surface area contributed by atoms with Crippen molar-refractivity contribution >= 4 is 20.0 Å². The van der Waals surface area contributed by atoms with Gasteiger partial charge in [-0.15, -0.1) is 0 Å². The molecule has 22 heavy (non-hydrogen) atoms. The van der Waals surface area contributed by atoms with Gasteiger partial charge in [0.05, 0.1) is 28.4 Å². The SMILES string of the molecule is CCO[C@@H]1CC(C(=O)OC)(C(=O)OC)C[C@H]1/C=C/[Si](C)(C)C. The summed E-state index contributed by atoms with van der Waals surface area (Å²) in [5.74, 6) is -1.05. The van der Waals surface area contributed by atoms with Crippen LogP contribution < -0.4 is 0 Å². The summed E-state index contributed by atoms with van der Waals surface area (Å²) >= 11 is 0. The second-order valence-corrected chi connectivity index (χ2v) is 11.9. The molecule has 0 bridgehead atoms. The molecule has 0 radical (unpaired) electrons. The maximum Gasteiger partial charge on any atom is 0.323 e. The van der Waals surface area contributed by atoms with Gasteiger partial charge in [0.15, 0.2) is 5.41 Å². The summed E-state index contributed by atoms with van der Waals surface area (Å²) in [5, 5.41) is 0. The van der Waals surface area contributed by atoms with Gasteiger partial charge >= 0.3 is 11.9 Å². The molecule has 0 aromatic rings. The standard InChI is InChI=1S/C16H28O5Si/c1-7-21-13-11-16(14(17)19-2,15(18)20-3)10-12(13)8-9-22(4,5)6/h8-9,12-13H,7,10-11H2,1-6H3/b9-8+/t12-,13-/m1/s1. The number of hydrogen-bond acceptors (Lipinski definition) is 5. The van der Waals surface area contributed by atoms with Crippen molar-refractivity contribution < 1.29 is 23.8 Å². The summed E-state index contributed by atoms with van der Waals surface area (Å²) in [6.07, 6.45) is 2.62. The highest BCUT2D eigenvalue weighted by molar-refractivity contribution is 6.80. The van der Waals surface area contributed by atoms with E-state index in [4.69, 9.17) is 14.2 Å². The van der Waals surface area contributed by atoms with Crippen LogP contribution in [0.1, 0.15) is 19.8 Å². The van der Waals surface area contributed by atoms with Gasteiger partial charge in [-0.05, 0) is 13.3 Å². The monoisotopic (exact) mass is 328 g/mol. The maximum atomic E-state index is 12.2. The number of carbonyl (C=O) groups is 2. The van der Waals surface area contributed by atoms with Crippen LogP contribution in [-0.4, -0.2) is 46.9 Å². The molecule has 1 fully saturated rings. The van der Waals surface area contributed by atoms with Crippen LogP contribution in [0.25, 0.3) is 0 Å². The number of carbonyl (C=O) groups excluding carboxylic acids is 2. The van der Waals surface area contributed by atoms with Crippen molar-refractivity contribution in [2.24, 2.45) is 11.3 Å². The molecular weight excluding hydrogens is 300 g/mol. The number of esters is 2. The second-order valence-electron chi connectivity index (χ2n) is 6.86. The zero-order valence-electron chi connectivity index (χ0n) is 14.5. The number of ether oxygens (including phenoxy) is 3. The lowest BCUT2D eigenvalue weighted by Crippen LogP contribution is -2.39. The van der Waals surface area contributed by atoms with Crippen molar-refractivity contribution in [2.45, 2.75) is 45.5 Å². The minimum absolute atomic E-state index is 0.0184. The van der Waals surface area contributed by atoms with Crippen LogP contribution in [0.5, 0.6) is 0 Å². The molecule has 0 aromatic heterocycles. The molecule has 2 atom stereocenters. The van der Waals surface area contributed by atoms with Gasteiger partial charge in [0.2, 0.25) is 0 Å². The maximum absolute atomic E-state index is 12.2. The van der Waals surface area contributed by atoms with Crippen molar-refractivity contribution in [3.63, 3.8) is 0 Å². The fourth-order valence-corrected chi connectivity index (χ4v) is 3.74. The fourth-order valence-electron chi connectivity index (χ4n) is 2.92. The van der Waals surface area contributed by atoms with Gasteiger partial charge in [0.25, 0.3) is 0 Å². The van der Waals surface area contributed by atoms with E-state index in [0.717, 1.165) is 0 Å². The molecule has 6 heteroatoms. The molecular formula is C16H28O5Si. The molecule has 0 N–H and O–H groups in total. The van der Waals surface area contributed by atoms with Gasteiger partial charge in [-0.3, -0.25) is 9.59 Å². The van der Waals surface area contributed by atoms with E-state index in [9.17, 15) is 9.59 Å². The Morgan fingerprint density at radius 1 is 1.14 bits per heavy atom. The van der Waals surface area contributed by atoms with Gasteiger partial charge in [-0.1, -0.05) is 31.4 Å². The first-order chi connectivity index (χ1) is 10.2. The molecule has 1 rings (SSSR count). The van der Waals surface area contributed by atoms with Crippen molar-refractivity contribution in [3.8, 4) is 0 Å². The van der Waals surface area contributed by atoms with E-state index in [1.54, 1.807) is 0 Å². The molecule has 0 saturated heterocycles. The second kappa shape index (κ2) is 7.42. The van der Waals surface area contributed by atoms with Crippen LogP contribution in [0, 0.1) is 11.3 Å². The lowest BCUT2D eigenvalue weighted by molar-refractivity contribution is -0.169. The summed E-state index contributed by atoms with van der Waals surface area (Å²) in [6.45, 7) is 9.17. The minimum atomic E-state index is -1.36. The first-order valence-electron chi connectivity index (χ1n) is 7.68. The first kappa shape index (κ1) is 18.9. The van der Waals surface area contributed by atoms with Crippen LogP contribution >= 0.6 is 0 Å². The molecule has 1 aliphatic rings. The van der Waals surface area contributed by atoms with E-state index in [2.05, 4.69) is 31.4 Å². The van der Waals surface area contributed by atoms with Crippen LogP contribution in [0.2, 0.25) is 19.6 Å². The molecule has 0 aromatic carbocycles. The van der Waals surface area contributed by atoms with E-state index in [0.29, 0.717) is 19.4 Å². The summed E-state index contributed by atoms with van der Waals surface area (Å²) in [4.78, 5) is 24.5. The molecule has 1 aliphatic carbocycles. The zero-order chi connectivity index (χ0) is 17.0. The van der Waals surface area contributed by atoms with Crippen molar-refractivity contribution in [2.75, 3.05) is 20.8 Å². The predicted octanol–water partition coefficient (Wildman–Crippen LogP) is 2.57. The molecule has 5 nitrogen and oxygen atoms in total. The highest BCUT2D eigenvalue weighted by Crippen LogP contribution is 2.46. The van der Waals surface area contributed by atoms with E-state index in [1.165, 1.54) is 14.2 Å². The Hall–Kier alpha value is -1.14. The normalized spacial score (nSPS) is 24.5. The number of methoxy groups -OCH3 is 2. The van der Waals surface area contributed by atoms with Gasteiger partial charge in [-0.25, -0.2) is 0 Å². The van der Waals surface area contributed by atoms with Crippen LogP contribution in [0.4, 0.5) is 0 Å². The average Bonchev–Trinajstić information content (AvgIpc) is 2.83. The van der Waals surface area contributed by atoms with E-state index in [1.807, 2.05) is 6.92 Å². The Morgan fingerprint density at radius 3 is 2.09 bits per heavy atom. The highest BCUT2D eigenvalue weighted by Gasteiger charge is 2.57. The summed E-state index contributed by atoms with van der Waals surface area (Å²) in [6, 6.07) is 0. The van der Waals surface area contributed by atoms with Gasteiger partial charge in [-0.2, -0.15) is 0 Å². The van der Waals surface area contributed by atoms with E-state index < -0.39 is 25.4 Å². The molecule has 0 aliphatic heterocycles. The van der Waals surface area contributed by atoms with Crippen LogP contribution in [0.15, 0.2) is 11.8 Å². The Bertz CT molecular complexity index is 422. The number of hydrogen-bond donors (Lipinski definition) is 0. The highest BCUT2D eigenvalue weighted by atomic mass is 28.3. The summed E-state index contributed by atoms with van der Waals surface area (Å²) in [7, 11) is 1.24. The largest absolute Gasteiger partial charge is 0.468 e. The van der Waals surface area contributed by atoms with Crippen molar-refractivity contribution in [3.05, 3.63) is 11.8 Å². The first-order valence-corrected chi connectivity index (χ1v) is 11.3. The third kappa shape index (κ3) is 4.20. The molecule has 0 unspecified atom stereocenters. The molecule has 0 spiro atoms. The Balaban J connectivity index is 3.11. The lowest BCUT2D eigenvalue weighted by Gasteiger charge is -2.22.